The minimum atomic E-state index is -0.518. The molecule has 4 heteroatoms. The van der Waals surface area contributed by atoms with E-state index in [-0.39, 0.29) is 6.04 Å². The van der Waals surface area contributed by atoms with Crippen LogP contribution in [0.4, 0.5) is 0 Å². The Morgan fingerprint density at radius 2 is 1.94 bits per heavy atom. The van der Waals surface area contributed by atoms with Crippen molar-refractivity contribution in [3.63, 3.8) is 0 Å². The highest BCUT2D eigenvalue weighted by atomic mass is 35.5. The van der Waals surface area contributed by atoms with E-state index in [1.807, 2.05) is 24.3 Å². The third kappa shape index (κ3) is 3.91. The fourth-order valence-electron chi connectivity index (χ4n) is 5.27. The largest absolute Gasteiger partial charge is 0.387 e. The van der Waals surface area contributed by atoms with Crippen molar-refractivity contribution in [1.29, 1.82) is 0 Å². The topological polar surface area (TPSA) is 45.2 Å². The molecule has 0 bridgehead atoms. The van der Waals surface area contributed by atoms with E-state index in [4.69, 9.17) is 16.6 Å². The maximum Gasteiger partial charge on any atom is 0.0952 e. The summed E-state index contributed by atoms with van der Waals surface area (Å²) in [5.74, 6) is 0. The molecule has 2 aromatic carbocycles. The molecular weight excluding hydrogens is 404 g/mol. The first kappa shape index (κ1) is 20.7. The Labute approximate surface area is 189 Å². The summed E-state index contributed by atoms with van der Waals surface area (Å²) in [6.45, 7) is 5.23. The summed E-state index contributed by atoms with van der Waals surface area (Å²) in [4.78, 5) is 5.15. The smallest absolute Gasteiger partial charge is 0.0952 e. The van der Waals surface area contributed by atoms with Crippen LogP contribution in [-0.2, 0) is 6.42 Å². The number of nitrogens with one attached hydrogen (secondary N) is 1. The van der Waals surface area contributed by atoms with E-state index in [0.717, 1.165) is 58.6 Å². The number of pyridine rings is 1. The van der Waals surface area contributed by atoms with Crippen LogP contribution in [-0.4, -0.2) is 22.7 Å². The second-order valence-corrected chi connectivity index (χ2v) is 9.49. The van der Waals surface area contributed by atoms with Gasteiger partial charge in [0.05, 0.1) is 17.3 Å². The number of halogens is 1. The quantitative estimate of drug-likeness (QED) is 0.520. The summed E-state index contributed by atoms with van der Waals surface area (Å²) in [5, 5.41) is 17.0. The number of piperidine rings is 1. The van der Waals surface area contributed by atoms with Crippen LogP contribution in [0.2, 0.25) is 5.02 Å². The van der Waals surface area contributed by atoms with Crippen molar-refractivity contribution in [1.82, 2.24) is 10.3 Å². The molecule has 0 saturated carbocycles. The van der Waals surface area contributed by atoms with Gasteiger partial charge in [-0.2, -0.15) is 0 Å². The fraction of sp³-hybridized carbons (Fsp3) is 0.370. The number of hydrogen-bond acceptors (Lipinski definition) is 3. The molecule has 1 saturated heterocycles. The standard InChI is InChI=1S/C27H29ClN2O/c1-16-13-17(2)25-22(14-16)24(27(31)23-5-3-4-12-29-23)21-11-8-19(26(21)30-25)15-18-6-9-20(28)10-7-18/h6-7,9-10,13-15,23,27,29,31H,3-5,8,11-12H2,1-2H3/b19-15-. The molecule has 5 rings (SSSR count). The number of benzene rings is 2. The Morgan fingerprint density at radius 3 is 2.68 bits per heavy atom. The molecule has 1 fully saturated rings. The maximum atomic E-state index is 11.6. The lowest BCUT2D eigenvalue weighted by Crippen LogP contribution is -2.39. The number of hydrogen-bond donors (Lipinski definition) is 2. The molecule has 31 heavy (non-hydrogen) atoms. The van der Waals surface area contributed by atoms with Gasteiger partial charge in [-0.3, -0.25) is 0 Å². The molecule has 2 heterocycles. The molecule has 1 aromatic heterocycles. The zero-order valence-corrected chi connectivity index (χ0v) is 19.0. The highest BCUT2D eigenvalue weighted by Gasteiger charge is 2.31. The van der Waals surface area contributed by atoms with Gasteiger partial charge in [0.15, 0.2) is 0 Å². The number of aliphatic hydroxyl groups excluding tert-OH is 1. The Kier molecular flexibility index (Phi) is 5.60. The first-order valence-electron chi connectivity index (χ1n) is 11.3. The maximum absolute atomic E-state index is 11.6. The van der Waals surface area contributed by atoms with Gasteiger partial charge in [-0.25, -0.2) is 4.98 Å². The van der Waals surface area contributed by atoms with E-state index in [1.165, 1.54) is 35.1 Å². The Balaban J connectivity index is 1.69. The van der Waals surface area contributed by atoms with Crippen LogP contribution < -0.4 is 5.32 Å². The zero-order valence-electron chi connectivity index (χ0n) is 18.2. The lowest BCUT2D eigenvalue weighted by atomic mass is 9.88. The lowest BCUT2D eigenvalue weighted by molar-refractivity contribution is 0.114. The fourth-order valence-corrected chi connectivity index (χ4v) is 5.39. The van der Waals surface area contributed by atoms with Crippen LogP contribution >= 0.6 is 11.6 Å². The van der Waals surface area contributed by atoms with Crippen LogP contribution in [0.1, 0.15) is 65.3 Å². The number of fused-ring (bicyclic) bond motifs is 2. The van der Waals surface area contributed by atoms with Gasteiger partial charge in [-0.05, 0) is 98.2 Å². The third-order valence-electron chi connectivity index (χ3n) is 6.75. The average Bonchev–Trinajstić information content (AvgIpc) is 3.16. The lowest BCUT2D eigenvalue weighted by Gasteiger charge is -2.30. The molecule has 2 aliphatic rings. The van der Waals surface area contributed by atoms with Gasteiger partial charge in [-0.1, -0.05) is 41.8 Å². The first-order chi connectivity index (χ1) is 15.0. The van der Waals surface area contributed by atoms with Crippen molar-refractivity contribution in [2.75, 3.05) is 6.54 Å². The SMILES string of the molecule is Cc1cc(C)c2nc3c(c(C(O)C4CCCCN4)c2c1)CC/C3=C/c1ccc(Cl)cc1. The summed E-state index contributed by atoms with van der Waals surface area (Å²) >= 11 is 6.07. The van der Waals surface area contributed by atoms with Crippen LogP contribution in [0, 0.1) is 13.8 Å². The number of nitrogens with zero attached hydrogens (tertiary/aromatic N) is 1. The number of aryl methyl sites for hydroxylation is 2. The van der Waals surface area contributed by atoms with Crippen LogP contribution in [0.15, 0.2) is 36.4 Å². The molecule has 2 atom stereocenters. The predicted molar refractivity (Wildman–Crippen MR) is 129 cm³/mol. The highest BCUT2D eigenvalue weighted by molar-refractivity contribution is 6.30. The minimum absolute atomic E-state index is 0.105. The molecule has 1 aliphatic heterocycles. The molecule has 0 spiro atoms. The van der Waals surface area contributed by atoms with Crippen molar-refractivity contribution >= 4 is 34.2 Å². The van der Waals surface area contributed by atoms with Crippen molar-refractivity contribution in [2.24, 2.45) is 0 Å². The van der Waals surface area contributed by atoms with E-state index in [9.17, 15) is 5.11 Å². The van der Waals surface area contributed by atoms with Gasteiger partial charge in [0, 0.05) is 16.5 Å². The molecule has 1 aliphatic carbocycles. The van der Waals surface area contributed by atoms with Crippen molar-refractivity contribution in [2.45, 2.75) is 58.1 Å². The van der Waals surface area contributed by atoms with E-state index in [1.54, 1.807) is 0 Å². The molecule has 0 radical (unpaired) electrons. The number of allylic oxidation sites excluding steroid dienone is 1. The van der Waals surface area contributed by atoms with Gasteiger partial charge >= 0.3 is 0 Å². The van der Waals surface area contributed by atoms with Gasteiger partial charge in [0.25, 0.3) is 0 Å². The van der Waals surface area contributed by atoms with Crippen LogP contribution in [0.5, 0.6) is 0 Å². The third-order valence-corrected chi connectivity index (χ3v) is 7.01. The van der Waals surface area contributed by atoms with E-state index in [2.05, 4.69) is 37.4 Å². The molecule has 3 nitrogen and oxygen atoms in total. The number of aliphatic hydroxyl groups is 1. The Morgan fingerprint density at radius 1 is 1.13 bits per heavy atom. The van der Waals surface area contributed by atoms with Crippen molar-refractivity contribution < 1.29 is 5.11 Å². The van der Waals surface area contributed by atoms with Crippen LogP contribution in [0.3, 0.4) is 0 Å². The number of aromatic nitrogens is 1. The predicted octanol–water partition coefficient (Wildman–Crippen LogP) is 6.17. The van der Waals surface area contributed by atoms with Crippen molar-refractivity contribution in [3.05, 3.63) is 74.9 Å². The Bertz CT molecular complexity index is 1160. The summed E-state index contributed by atoms with van der Waals surface area (Å²) in [5.41, 5.74) is 9.13. The molecular formula is C27H29ClN2O. The van der Waals surface area contributed by atoms with Gasteiger partial charge in [0.2, 0.25) is 0 Å². The van der Waals surface area contributed by atoms with E-state index in [0.29, 0.717) is 0 Å². The van der Waals surface area contributed by atoms with E-state index >= 15 is 0 Å². The van der Waals surface area contributed by atoms with Gasteiger partial charge in [-0.15, -0.1) is 0 Å². The normalized spacial score (nSPS) is 20.9. The second-order valence-electron chi connectivity index (χ2n) is 9.05. The summed E-state index contributed by atoms with van der Waals surface area (Å²) < 4.78 is 0. The highest BCUT2D eigenvalue weighted by Crippen LogP contribution is 2.42. The summed E-state index contributed by atoms with van der Waals surface area (Å²) in [6, 6.07) is 12.4. The average molecular weight is 433 g/mol. The second kappa shape index (κ2) is 8.38. The monoisotopic (exact) mass is 432 g/mol. The van der Waals surface area contributed by atoms with Crippen molar-refractivity contribution in [3.8, 4) is 0 Å². The van der Waals surface area contributed by atoms with Crippen LogP contribution in [0.25, 0.3) is 22.6 Å². The molecule has 2 unspecified atom stereocenters. The van der Waals surface area contributed by atoms with Gasteiger partial charge in [0.1, 0.15) is 0 Å². The molecule has 3 aromatic rings. The summed E-state index contributed by atoms with van der Waals surface area (Å²) in [7, 11) is 0. The van der Waals surface area contributed by atoms with Gasteiger partial charge < -0.3 is 10.4 Å². The number of rotatable bonds is 3. The Hall–Kier alpha value is -2.20. The molecule has 2 N–H and O–H groups in total. The first-order valence-corrected chi connectivity index (χ1v) is 11.7. The molecule has 160 valence electrons. The minimum Gasteiger partial charge on any atom is -0.387 e. The molecule has 0 amide bonds. The van der Waals surface area contributed by atoms with E-state index < -0.39 is 6.10 Å². The summed E-state index contributed by atoms with van der Waals surface area (Å²) in [6.07, 6.45) is 6.93. The zero-order chi connectivity index (χ0) is 21.5.